The Kier molecular flexibility index (Phi) is 2.75. The maximum atomic E-state index is 10.0. The van der Waals surface area contributed by atoms with E-state index in [9.17, 15) is 5.11 Å². The summed E-state index contributed by atoms with van der Waals surface area (Å²) in [5.41, 5.74) is 2.48. The van der Waals surface area contributed by atoms with Crippen LogP contribution in [0, 0.1) is 6.92 Å². The predicted molar refractivity (Wildman–Crippen MR) is 58.8 cm³/mol. The van der Waals surface area contributed by atoms with Crippen LogP contribution in [0.25, 0.3) is 0 Å². The highest BCUT2D eigenvalue weighted by Gasteiger charge is 2.14. The lowest BCUT2D eigenvalue weighted by Gasteiger charge is -2.11. The minimum Gasteiger partial charge on any atom is -0.383 e. The zero-order chi connectivity index (χ0) is 10.8. The molecular weight excluding hydrogens is 212 g/mol. The van der Waals surface area contributed by atoms with Crippen LogP contribution in [0.4, 0.5) is 0 Å². The molecule has 1 heterocycles. The lowest BCUT2D eigenvalue weighted by atomic mass is 10.0. The molecule has 0 radical (unpaired) electrons. The fourth-order valence-electron chi connectivity index (χ4n) is 1.44. The Morgan fingerprint density at radius 2 is 2.27 bits per heavy atom. The van der Waals surface area contributed by atoms with Crippen LogP contribution in [0.2, 0.25) is 5.02 Å². The quantitative estimate of drug-likeness (QED) is 0.820. The van der Waals surface area contributed by atoms with Gasteiger partial charge in [-0.15, -0.1) is 0 Å². The molecule has 2 rings (SSSR count). The normalized spacial score (nSPS) is 12.7. The molecule has 0 saturated heterocycles. The molecule has 0 spiro atoms. The van der Waals surface area contributed by atoms with Crippen LogP contribution >= 0.6 is 11.6 Å². The summed E-state index contributed by atoms with van der Waals surface area (Å²) < 4.78 is 0. The summed E-state index contributed by atoms with van der Waals surface area (Å²) in [5, 5.41) is 17.0. The fourth-order valence-corrected chi connectivity index (χ4v) is 1.78. The van der Waals surface area contributed by atoms with Crippen LogP contribution in [-0.2, 0) is 0 Å². The van der Waals surface area contributed by atoms with Gasteiger partial charge in [-0.05, 0) is 18.6 Å². The molecule has 0 fully saturated rings. The number of nitrogens with zero attached hydrogens (tertiary/aromatic N) is 1. The molecule has 4 heteroatoms. The van der Waals surface area contributed by atoms with Gasteiger partial charge in [-0.25, -0.2) is 0 Å². The van der Waals surface area contributed by atoms with Gasteiger partial charge in [0, 0.05) is 22.3 Å². The van der Waals surface area contributed by atoms with E-state index in [0.717, 1.165) is 5.56 Å². The molecule has 0 saturated carbocycles. The molecule has 2 N–H and O–H groups in total. The van der Waals surface area contributed by atoms with Crippen LogP contribution in [0.3, 0.4) is 0 Å². The maximum Gasteiger partial charge on any atom is 0.108 e. The highest BCUT2D eigenvalue weighted by molar-refractivity contribution is 6.31. The van der Waals surface area contributed by atoms with Crippen LogP contribution in [0.5, 0.6) is 0 Å². The topological polar surface area (TPSA) is 48.9 Å². The third-order valence-corrected chi connectivity index (χ3v) is 2.61. The SMILES string of the molecule is Cc1ccc(C(O)c2cn[nH]c2)c(Cl)c1. The lowest BCUT2D eigenvalue weighted by Crippen LogP contribution is -1.99. The van der Waals surface area contributed by atoms with Crippen LogP contribution < -0.4 is 0 Å². The number of aromatic nitrogens is 2. The first kappa shape index (κ1) is 10.2. The van der Waals surface area contributed by atoms with Gasteiger partial charge in [0.25, 0.3) is 0 Å². The Morgan fingerprint density at radius 1 is 1.47 bits per heavy atom. The largest absolute Gasteiger partial charge is 0.383 e. The van der Waals surface area contributed by atoms with Crippen molar-refractivity contribution in [2.24, 2.45) is 0 Å². The first-order chi connectivity index (χ1) is 7.18. The Hall–Kier alpha value is -1.32. The minimum absolute atomic E-state index is 0.573. The molecule has 1 unspecified atom stereocenters. The summed E-state index contributed by atoms with van der Waals surface area (Å²) in [6.45, 7) is 1.96. The van der Waals surface area contributed by atoms with Gasteiger partial charge in [0.2, 0.25) is 0 Å². The van der Waals surface area contributed by atoms with E-state index in [1.807, 2.05) is 25.1 Å². The van der Waals surface area contributed by atoms with Crippen molar-refractivity contribution in [2.45, 2.75) is 13.0 Å². The van der Waals surface area contributed by atoms with E-state index < -0.39 is 6.10 Å². The van der Waals surface area contributed by atoms with Gasteiger partial charge in [-0.3, -0.25) is 5.10 Å². The number of nitrogens with one attached hydrogen (secondary N) is 1. The molecular formula is C11H11ClN2O. The van der Waals surface area contributed by atoms with E-state index in [2.05, 4.69) is 10.2 Å². The summed E-state index contributed by atoms with van der Waals surface area (Å²) in [6, 6.07) is 5.58. The lowest BCUT2D eigenvalue weighted by molar-refractivity contribution is 0.220. The number of halogens is 1. The number of aromatic amines is 1. The van der Waals surface area contributed by atoms with Crippen molar-refractivity contribution < 1.29 is 5.11 Å². The van der Waals surface area contributed by atoms with E-state index in [0.29, 0.717) is 16.1 Å². The number of hydrogen-bond acceptors (Lipinski definition) is 2. The zero-order valence-electron chi connectivity index (χ0n) is 8.24. The van der Waals surface area contributed by atoms with Crippen LogP contribution in [0.15, 0.2) is 30.6 Å². The van der Waals surface area contributed by atoms with Gasteiger partial charge in [-0.1, -0.05) is 23.7 Å². The van der Waals surface area contributed by atoms with Gasteiger partial charge in [-0.2, -0.15) is 5.10 Å². The second kappa shape index (κ2) is 4.04. The summed E-state index contributed by atoms with van der Waals surface area (Å²) in [4.78, 5) is 0. The Bertz CT molecular complexity index is 454. The van der Waals surface area contributed by atoms with Crippen molar-refractivity contribution in [1.29, 1.82) is 0 Å². The van der Waals surface area contributed by atoms with Gasteiger partial charge in [0.1, 0.15) is 6.10 Å². The van der Waals surface area contributed by atoms with Crippen molar-refractivity contribution in [2.75, 3.05) is 0 Å². The highest BCUT2D eigenvalue weighted by Crippen LogP contribution is 2.28. The minimum atomic E-state index is -0.725. The first-order valence-corrected chi connectivity index (χ1v) is 4.99. The number of hydrogen-bond donors (Lipinski definition) is 2. The number of rotatable bonds is 2. The number of H-pyrrole nitrogens is 1. The maximum absolute atomic E-state index is 10.0. The van der Waals surface area contributed by atoms with Gasteiger partial charge < -0.3 is 5.11 Å². The molecule has 1 atom stereocenters. The summed E-state index contributed by atoms with van der Waals surface area (Å²) >= 11 is 6.05. The molecule has 0 bridgehead atoms. The third-order valence-electron chi connectivity index (χ3n) is 2.29. The van der Waals surface area contributed by atoms with E-state index in [-0.39, 0.29) is 0 Å². The van der Waals surface area contributed by atoms with E-state index in [1.54, 1.807) is 12.4 Å². The second-order valence-corrected chi connectivity index (χ2v) is 3.87. The molecule has 3 nitrogen and oxygen atoms in total. The number of aliphatic hydroxyl groups is 1. The standard InChI is InChI=1S/C11H11ClN2O/c1-7-2-3-9(10(12)4-7)11(15)8-5-13-14-6-8/h2-6,11,15H,1H3,(H,13,14). The van der Waals surface area contributed by atoms with Crippen molar-refractivity contribution in [3.05, 3.63) is 52.3 Å². The Labute approximate surface area is 92.7 Å². The number of aliphatic hydroxyl groups excluding tert-OH is 1. The van der Waals surface area contributed by atoms with Gasteiger partial charge >= 0.3 is 0 Å². The van der Waals surface area contributed by atoms with E-state index in [1.165, 1.54) is 0 Å². The third kappa shape index (κ3) is 2.03. The molecule has 1 aromatic heterocycles. The van der Waals surface area contributed by atoms with Gasteiger partial charge in [0.15, 0.2) is 0 Å². The molecule has 1 aromatic carbocycles. The first-order valence-electron chi connectivity index (χ1n) is 4.61. The number of benzene rings is 1. The molecule has 2 aromatic rings. The average Bonchev–Trinajstić information content (AvgIpc) is 2.69. The van der Waals surface area contributed by atoms with Crippen molar-refractivity contribution >= 4 is 11.6 Å². The zero-order valence-corrected chi connectivity index (χ0v) is 8.99. The van der Waals surface area contributed by atoms with Crippen molar-refractivity contribution in [1.82, 2.24) is 10.2 Å². The fraction of sp³-hybridized carbons (Fsp3) is 0.182. The van der Waals surface area contributed by atoms with E-state index >= 15 is 0 Å². The molecule has 78 valence electrons. The monoisotopic (exact) mass is 222 g/mol. The molecule has 0 amide bonds. The summed E-state index contributed by atoms with van der Waals surface area (Å²) in [7, 11) is 0. The predicted octanol–water partition coefficient (Wildman–Crippen LogP) is 2.45. The Morgan fingerprint density at radius 3 is 2.87 bits per heavy atom. The smallest absolute Gasteiger partial charge is 0.108 e. The second-order valence-electron chi connectivity index (χ2n) is 3.46. The number of aryl methyl sites for hydroxylation is 1. The highest BCUT2D eigenvalue weighted by atomic mass is 35.5. The van der Waals surface area contributed by atoms with E-state index in [4.69, 9.17) is 11.6 Å². The van der Waals surface area contributed by atoms with Crippen LogP contribution in [-0.4, -0.2) is 15.3 Å². The molecule has 0 aliphatic carbocycles. The molecule has 0 aliphatic heterocycles. The summed E-state index contributed by atoms with van der Waals surface area (Å²) in [6.07, 6.45) is 2.51. The summed E-state index contributed by atoms with van der Waals surface area (Å²) in [5.74, 6) is 0. The van der Waals surface area contributed by atoms with Crippen LogP contribution in [0.1, 0.15) is 22.8 Å². The van der Waals surface area contributed by atoms with Crippen molar-refractivity contribution in [3.8, 4) is 0 Å². The Balaban J connectivity index is 2.38. The van der Waals surface area contributed by atoms with Crippen molar-refractivity contribution in [3.63, 3.8) is 0 Å². The average molecular weight is 223 g/mol. The molecule has 15 heavy (non-hydrogen) atoms. The molecule has 0 aliphatic rings. The van der Waals surface area contributed by atoms with Gasteiger partial charge in [0.05, 0.1) is 6.20 Å².